The zero-order valence-corrected chi connectivity index (χ0v) is 12.7. The first-order valence-corrected chi connectivity index (χ1v) is 6.86. The molecule has 112 valence electrons. The third kappa shape index (κ3) is 5.12. The van der Waals surface area contributed by atoms with E-state index in [9.17, 15) is 4.79 Å². The van der Waals surface area contributed by atoms with E-state index >= 15 is 0 Å². The predicted molar refractivity (Wildman–Crippen MR) is 82.3 cm³/mol. The number of benzene rings is 1. The van der Waals surface area contributed by atoms with Crippen molar-refractivity contribution in [2.45, 2.75) is 19.4 Å². The van der Waals surface area contributed by atoms with Gasteiger partial charge in [0.1, 0.15) is 0 Å². The summed E-state index contributed by atoms with van der Waals surface area (Å²) in [6, 6.07) is 7.56. The monoisotopic (exact) mass is 298 g/mol. The minimum Gasteiger partial charge on any atom is -0.380 e. The summed E-state index contributed by atoms with van der Waals surface area (Å²) in [7, 11) is 1.67. The fourth-order valence-corrected chi connectivity index (χ4v) is 2.36. The molecule has 1 aliphatic rings. The Kier molecular flexibility index (Phi) is 7.59. The van der Waals surface area contributed by atoms with Crippen molar-refractivity contribution in [1.82, 2.24) is 10.6 Å². The topological polar surface area (TPSA) is 50.4 Å². The number of rotatable bonds is 5. The molecule has 1 aliphatic heterocycles. The number of ether oxygens (including phenoxy) is 1. The molecule has 1 fully saturated rings. The third-order valence-electron chi connectivity index (χ3n) is 3.48. The van der Waals surface area contributed by atoms with E-state index in [4.69, 9.17) is 4.74 Å². The number of hydrogen-bond acceptors (Lipinski definition) is 3. The predicted octanol–water partition coefficient (Wildman–Crippen LogP) is 1.98. The third-order valence-corrected chi connectivity index (χ3v) is 3.48. The van der Waals surface area contributed by atoms with Crippen LogP contribution in [0.25, 0.3) is 0 Å². The molecule has 4 nitrogen and oxygen atoms in total. The Balaban J connectivity index is 0.00000200. The van der Waals surface area contributed by atoms with Crippen LogP contribution in [0.2, 0.25) is 0 Å². The first-order valence-electron chi connectivity index (χ1n) is 6.86. The van der Waals surface area contributed by atoms with Crippen molar-refractivity contribution in [3.63, 3.8) is 0 Å². The van der Waals surface area contributed by atoms with E-state index in [2.05, 4.69) is 10.6 Å². The Morgan fingerprint density at radius 1 is 1.40 bits per heavy atom. The summed E-state index contributed by atoms with van der Waals surface area (Å²) in [5.74, 6) is 0.569. The van der Waals surface area contributed by atoms with Crippen molar-refractivity contribution < 1.29 is 9.53 Å². The molecule has 0 aliphatic carbocycles. The van der Waals surface area contributed by atoms with Crippen molar-refractivity contribution in [1.29, 1.82) is 0 Å². The first-order chi connectivity index (χ1) is 9.29. The fourth-order valence-electron chi connectivity index (χ4n) is 2.36. The second-order valence-electron chi connectivity index (χ2n) is 5.05. The number of hydrogen-bond donors (Lipinski definition) is 2. The summed E-state index contributed by atoms with van der Waals surface area (Å²) in [5.41, 5.74) is 1.79. The van der Waals surface area contributed by atoms with E-state index in [1.54, 1.807) is 7.11 Å². The molecule has 2 N–H and O–H groups in total. The lowest BCUT2D eigenvalue weighted by molar-refractivity contribution is 0.0944. The Morgan fingerprint density at radius 2 is 2.15 bits per heavy atom. The van der Waals surface area contributed by atoms with Crippen molar-refractivity contribution in [3.05, 3.63) is 35.4 Å². The molecule has 0 spiro atoms. The van der Waals surface area contributed by atoms with E-state index in [0.717, 1.165) is 25.2 Å². The van der Waals surface area contributed by atoms with Crippen molar-refractivity contribution >= 4 is 18.3 Å². The standard InChI is InChI=1S/C15H22N2O2.ClH/c1-19-11-12-4-6-14(7-5-12)15(18)17-10-13-3-2-8-16-9-13;/h4-7,13,16H,2-3,8-11H2,1H3,(H,17,18);1H. The zero-order valence-electron chi connectivity index (χ0n) is 11.9. The average Bonchev–Trinajstić information content (AvgIpc) is 2.47. The second-order valence-corrected chi connectivity index (χ2v) is 5.05. The van der Waals surface area contributed by atoms with Crippen molar-refractivity contribution in [3.8, 4) is 0 Å². The molecule has 1 aromatic rings. The van der Waals surface area contributed by atoms with E-state index < -0.39 is 0 Å². The van der Waals surface area contributed by atoms with Crippen LogP contribution in [-0.2, 0) is 11.3 Å². The molecule has 0 aromatic heterocycles. The van der Waals surface area contributed by atoms with Gasteiger partial charge in [-0.25, -0.2) is 0 Å². The lowest BCUT2D eigenvalue weighted by Crippen LogP contribution is -2.38. The van der Waals surface area contributed by atoms with Gasteiger partial charge in [0.05, 0.1) is 6.61 Å². The average molecular weight is 299 g/mol. The summed E-state index contributed by atoms with van der Waals surface area (Å²) < 4.78 is 5.05. The van der Waals surface area contributed by atoms with E-state index in [-0.39, 0.29) is 18.3 Å². The molecule has 0 bridgehead atoms. The van der Waals surface area contributed by atoms with Gasteiger partial charge >= 0.3 is 0 Å². The van der Waals surface area contributed by atoms with Crippen LogP contribution < -0.4 is 10.6 Å². The molecule has 1 aromatic carbocycles. The Hall–Kier alpha value is -1.10. The number of nitrogens with one attached hydrogen (secondary N) is 2. The smallest absolute Gasteiger partial charge is 0.251 e. The Labute approximate surface area is 126 Å². The molecule has 1 amide bonds. The summed E-state index contributed by atoms with van der Waals surface area (Å²) in [6.45, 7) is 3.44. The van der Waals surface area contributed by atoms with Crippen molar-refractivity contribution in [2.24, 2.45) is 5.92 Å². The van der Waals surface area contributed by atoms with Crippen LogP contribution in [-0.4, -0.2) is 32.7 Å². The van der Waals surface area contributed by atoms with Crippen LogP contribution >= 0.6 is 12.4 Å². The highest BCUT2D eigenvalue weighted by Gasteiger charge is 2.14. The molecule has 0 saturated carbocycles. The van der Waals surface area contributed by atoms with Gasteiger partial charge in [0.15, 0.2) is 0 Å². The van der Waals surface area contributed by atoms with Gasteiger partial charge in [-0.1, -0.05) is 12.1 Å². The molecular weight excluding hydrogens is 276 g/mol. The van der Waals surface area contributed by atoms with Crippen LogP contribution in [0.3, 0.4) is 0 Å². The van der Waals surface area contributed by atoms with Gasteiger partial charge < -0.3 is 15.4 Å². The summed E-state index contributed by atoms with van der Waals surface area (Å²) >= 11 is 0. The highest BCUT2D eigenvalue weighted by molar-refractivity contribution is 5.94. The molecule has 1 unspecified atom stereocenters. The first kappa shape index (κ1) is 17.0. The van der Waals surface area contributed by atoms with Gasteiger partial charge in [-0.15, -0.1) is 12.4 Å². The van der Waals surface area contributed by atoms with Crippen LogP contribution in [0, 0.1) is 5.92 Å². The minimum atomic E-state index is 0. The fraction of sp³-hybridized carbons (Fsp3) is 0.533. The summed E-state index contributed by atoms with van der Waals surface area (Å²) in [6.07, 6.45) is 2.40. The Bertz CT molecular complexity index is 403. The summed E-state index contributed by atoms with van der Waals surface area (Å²) in [5, 5.41) is 6.36. The quantitative estimate of drug-likeness (QED) is 0.874. The van der Waals surface area contributed by atoms with Gasteiger partial charge in [-0.05, 0) is 49.5 Å². The van der Waals surface area contributed by atoms with E-state index in [1.165, 1.54) is 12.8 Å². The van der Waals surface area contributed by atoms with Gasteiger partial charge in [0, 0.05) is 19.2 Å². The zero-order chi connectivity index (χ0) is 13.5. The van der Waals surface area contributed by atoms with Gasteiger partial charge in [0.2, 0.25) is 0 Å². The molecule has 0 radical (unpaired) electrons. The highest BCUT2D eigenvalue weighted by atomic mass is 35.5. The number of piperidine rings is 1. The Morgan fingerprint density at radius 3 is 2.75 bits per heavy atom. The maximum atomic E-state index is 12.0. The number of carbonyl (C=O) groups excluding carboxylic acids is 1. The van der Waals surface area contributed by atoms with Gasteiger partial charge in [0.25, 0.3) is 5.91 Å². The lowest BCUT2D eigenvalue weighted by Gasteiger charge is -2.22. The molecule has 2 rings (SSSR count). The lowest BCUT2D eigenvalue weighted by atomic mass is 9.99. The molecule has 20 heavy (non-hydrogen) atoms. The molecule has 5 heteroatoms. The second kappa shape index (κ2) is 8.95. The van der Waals surface area contributed by atoms with Crippen molar-refractivity contribution in [2.75, 3.05) is 26.7 Å². The SMILES string of the molecule is COCc1ccc(C(=O)NCC2CCCNC2)cc1.Cl. The highest BCUT2D eigenvalue weighted by Crippen LogP contribution is 2.09. The number of carbonyl (C=O) groups is 1. The largest absolute Gasteiger partial charge is 0.380 e. The molecule has 1 saturated heterocycles. The minimum absolute atomic E-state index is 0. The van der Waals surface area contributed by atoms with Gasteiger partial charge in [-0.2, -0.15) is 0 Å². The van der Waals surface area contributed by atoms with Crippen LogP contribution in [0.4, 0.5) is 0 Å². The van der Waals surface area contributed by atoms with E-state index in [1.807, 2.05) is 24.3 Å². The molecule has 1 heterocycles. The van der Waals surface area contributed by atoms with E-state index in [0.29, 0.717) is 18.1 Å². The number of methoxy groups -OCH3 is 1. The number of amides is 1. The van der Waals surface area contributed by atoms with Gasteiger partial charge in [-0.3, -0.25) is 4.79 Å². The van der Waals surface area contributed by atoms with Crippen LogP contribution in [0.5, 0.6) is 0 Å². The maximum Gasteiger partial charge on any atom is 0.251 e. The maximum absolute atomic E-state index is 12.0. The normalized spacial score (nSPS) is 18.1. The number of halogens is 1. The van der Waals surface area contributed by atoms with Crippen LogP contribution in [0.1, 0.15) is 28.8 Å². The van der Waals surface area contributed by atoms with Crippen LogP contribution in [0.15, 0.2) is 24.3 Å². The molecule has 1 atom stereocenters. The molecular formula is C15H23ClN2O2. The summed E-state index contributed by atoms with van der Waals surface area (Å²) in [4.78, 5) is 12.0.